The number of aromatic nitrogens is 2. The molecule has 0 radical (unpaired) electrons. The normalized spacial score (nSPS) is 38.0. The maximum absolute atomic E-state index is 14.1. The molecule has 126 valence electrons. The molecule has 0 aliphatic heterocycles. The van der Waals surface area contributed by atoms with Crippen molar-refractivity contribution in [3.63, 3.8) is 0 Å². The van der Waals surface area contributed by atoms with E-state index in [0.29, 0.717) is 11.8 Å². The molecule has 0 bridgehead atoms. The van der Waals surface area contributed by atoms with Gasteiger partial charge in [-0.1, -0.05) is 6.07 Å². The number of rotatable bonds is 2. The summed E-state index contributed by atoms with van der Waals surface area (Å²) in [5, 5.41) is 11.3. The zero-order chi connectivity index (χ0) is 17.1. The standard InChI is InChI=1S/C19H15F2N3O/c1-22-17(25)18-7-11-10-6-9(19(10,11)18)8-5-14(23-24-16(8)18)15-12(20)3-2-4-13(15)21/h2-5,9-11H,6-7H2,1H3,(H,22,25). The molecule has 2 aromatic rings. The molecule has 4 aliphatic rings. The van der Waals surface area contributed by atoms with Crippen LogP contribution in [0.4, 0.5) is 8.78 Å². The zero-order valence-corrected chi connectivity index (χ0v) is 13.5. The molecule has 25 heavy (non-hydrogen) atoms. The summed E-state index contributed by atoms with van der Waals surface area (Å²) in [5.74, 6) is 0.173. The monoisotopic (exact) mass is 339 g/mol. The Bertz CT molecular complexity index is 966. The molecular formula is C19H15F2N3O. The fourth-order valence-electron chi connectivity index (χ4n) is 6.51. The Morgan fingerprint density at radius 2 is 2.00 bits per heavy atom. The van der Waals surface area contributed by atoms with Crippen LogP contribution in [-0.4, -0.2) is 23.2 Å². The van der Waals surface area contributed by atoms with E-state index < -0.39 is 17.0 Å². The number of nitrogens with one attached hydrogen (secondary N) is 1. The van der Waals surface area contributed by atoms with E-state index in [1.165, 1.54) is 18.2 Å². The quantitative estimate of drug-likeness (QED) is 0.915. The summed E-state index contributed by atoms with van der Waals surface area (Å²) in [5.41, 5.74) is 1.19. The third-order valence-electron chi connectivity index (χ3n) is 7.37. The van der Waals surface area contributed by atoms with Gasteiger partial charge in [-0.15, -0.1) is 5.10 Å². The molecule has 5 atom stereocenters. The maximum atomic E-state index is 14.1. The second-order valence-electron chi connectivity index (χ2n) is 7.75. The van der Waals surface area contributed by atoms with Gasteiger partial charge in [0.25, 0.3) is 0 Å². The average Bonchev–Trinajstić information content (AvgIpc) is 2.90. The number of carbonyl (C=O) groups excluding carboxylic acids is 1. The molecule has 4 nitrogen and oxygen atoms in total. The smallest absolute Gasteiger partial charge is 0.232 e. The fourth-order valence-corrected chi connectivity index (χ4v) is 6.51. The van der Waals surface area contributed by atoms with E-state index in [1.807, 2.05) is 0 Å². The summed E-state index contributed by atoms with van der Waals surface area (Å²) in [6, 6.07) is 5.54. The Kier molecular flexibility index (Phi) is 2.16. The summed E-state index contributed by atoms with van der Waals surface area (Å²) in [7, 11) is 1.65. The van der Waals surface area contributed by atoms with Gasteiger partial charge in [0.15, 0.2) is 0 Å². The van der Waals surface area contributed by atoms with Gasteiger partial charge in [0, 0.05) is 12.5 Å². The Hall–Kier alpha value is -2.37. The highest BCUT2D eigenvalue weighted by molar-refractivity contribution is 5.95. The minimum Gasteiger partial charge on any atom is -0.358 e. The van der Waals surface area contributed by atoms with Crippen LogP contribution in [0.2, 0.25) is 0 Å². The Morgan fingerprint density at radius 1 is 1.24 bits per heavy atom. The van der Waals surface area contributed by atoms with E-state index in [4.69, 9.17) is 0 Å². The summed E-state index contributed by atoms with van der Waals surface area (Å²) in [6.07, 6.45) is 1.87. The molecule has 0 saturated heterocycles. The van der Waals surface area contributed by atoms with Crippen molar-refractivity contribution in [1.82, 2.24) is 15.5 Å². The number of hydrogen-bond donors (Lipinski definition) is 1. The van der Waals surface area contributed by atoms with Crippen LogP contribution in [0.15, 0.2) is 24.3 Å². The van der Waals surface area contributed by atoms with Crippen LogP contribution in [0.3, 0.4) is 0 Å². The van der Waals surface area contributed by atoms with Crippen LogP contribution >= 0.6 is 0 Å². The minimum absolute atomic E-state index is 0.00817. The van der Waals surface area contributed by atoms with E-state index in [-0.39, 0.29) is 28.5 Å². The Labute approximate surface area is 142 Å². The average molecular weight is 339 g/mol. The molecular weight excluding hydrogens is 324 g/mol. The summed E-state index contributed by atoms with van der Waals surface area (Å²) in [4.78, 5) is 12.7. The van der Waals surface area contributed by atoms with Gasteiger partial charge in [0.1, 0.15) is 17.0 Å². The SMILES string of the molecule is CNC(=O)C12CC3C4CC(c5cc(-c6c(F)cccc6F)nnc51)C432. The van der Waals surface area contributed by atoms with Crippen molar-refractivity contribution >= 4 is 5.91 Å². The molecule has 4 aliphatic carbocycles. The number of fused-ring (bicyclic) bond motifs is 4. The van der Waals surface area contributed by atoms with Crippen molar-refractivity contribution in [2.24, 2.45) is 17.3 Å². The van der Waals surface area contributed by atoms with Crippen LogP contribution in [0.25, 0.3) is 11.3 Å². The molecule has 3 saturated carbocycles. The van der Waals surface area contributed by atoms with Crippen LogP contribution < -0.4 is 5.32 Å². The number of halogens is 2. The molecule has 3 fully saturated rings. The molecule has 5 unspecified atom stereocenters. The van der Waals surface area contributed by atoms with E-state index in [1.54, 1.807) is 13.1 Å². The molecule has 1 aromatic heterocycles. The van der Waals surface area contributed by atoms with E-state index in [2.05, 4.69) is 15.5 Å². The highest BCUT2D eigenvalue weighted by atomic mass is 19.1. The first kappa shape index (κ1) is 13.9. The van der Waals surface area contributed by atoms with Gasteiger partial charge in [0.2, 0.25) is 5.91 Å². The van der Waals surface area contributed by atoms with Gasteiger partial charge in [-0.05, 0) is 54.4 Å². The first-order valence-corrected chi connectivity index (χ1v) is 8.62. The number of likely N-dealkylation sites (N-methyl/N-ethyl adjacent to an activating group) is 1. The van der Waals surface area contributed by atoms with Crippen LogP contribution in [0.1, 0.15) is 30.0 Å². The highest BCUT2D eigenvalue weighted by Crippen LogP contribution is 2.96. The number of hydrogen-bond acceptors (Lipinski definition) is 3. The third kappa shape index (κ3) is 1.16. The lowest BCUT2D eigenvalue weighted by Gasteiger charge is -2.47. The number of benzene rings is 1. The van der Waals surface area contributed by atoms with Crippen molar-refractivity contribution in [2.75, 3.05) is 7.05 Å². The van der Waals surface area contributed by atoms with Crippen molar-refractivity contribution in [2.45, 2.75) is 24.2 Å². The minimum atomic E-state index is -0.648. The summed E-state index contributed by atoms with van der Waals surface area (Å²) >= 11 is 0. The highest BCUT2D eigenvalue weighted by Gasteiger charge is 2.95. The number of carbonyl (C=O) groups is 1. The molecule has 1 heterocycles. The van der Waals surface area contributed by atoms with Crippen LogP contribution in [0.5, 0.6) is 0 Å². The molecule has 1 N–H and O–H groups in total. The molecule has 1 spiro atoms. The van der Waals surface area contributed by atoms with E-state index >= 15 is 0 Å². The first-order chi connectivity index (χ1) is 12.1. The third-order valence-corrected chi connectivity index (χ3v) is 7.37. The van der Waals surface area contributed by atoms with Gasteiger partial charge in [0.05, 0.1) is 17.0 Å². The van der Waals surface area contributed by atoms with Crippen LogP contribution in [0, 0.1) is 28.9 Å². The topological polar surface area (TPSA) is 54.9 Å². The Balaban J connectivity index is 1.56. The lowest BCUT2D eigenvalue weighted by Crippen LogP contribution is -2.56. The van der Waals surface area contributed by atoms with Crippen LogP contribution in [-0.2, 0) is 10.2 Å². The Morgan fingerprint density at radius 3 is 2.64 bits per heavy atom. The predicted octanol–water partition coefficient (Wildman–Crippen LogP) is 2.54. The van der Waals surface area contributed by atoms with Crippen molar-refractivity contribution < 1.29 is 13.6 Å². The fraction of sp³-hybridized carbons (Fsp3) is 0.421. The molecule has 6 heteroatoms. The van der Waals surface area contributed by atoms with Gasteiger partial charge in [-0.3, -0.25) is 4.79 Å². The van der Waals surface area contributed by atoms with Gasteiger partial charge >= 0.3 is 0 Å². The molecule has 1 amide bonds. The number of amides is 1. The second kappa shape index (κ2) is 3.89. The van der Waals surface area contributed by atoms with Gasteiger partial charge < -0.3 is 5.32 Å². The van der Waals surface area contributed by atoms with Crippen molar-refractivity contribution in [3.8, 4) is 11.3 Å². The second-order valence-corrected chi connectivity index (χ2v) is 7.75. The zero-order valence-electron chi connectivity index (χ0n) is 13.5. The molecule has 6 rings (SSSR count). The molecule has 1 aromatic carbocycles. The van der Waals surface area contributed by atoms with Gasteiger partial charge in [-0.2, -0.15) is 5.10 Å². The summed E-state index contributed by atoms with van der Waals surface area (Å²) < 4.78 is 28.3. The first-order valence-electron chi connectivity index (χ1n) is 8.62. The summed E-state index contributed by atoms with van der Waals surface area (Å²) in [6.45, 7) is 0. The largest absolute Gasteiger partial charge is 0.358 e. The van der Waals surface area contributed by atoms with E-state index in [0.717, 1.165) is 24.1 Å². The van der Waals surface area contributed by atoms with Crippen molar-refractivity contribution in [1.29, 1.82) is 0 Å². The lowest BCUT2D eigenvalue weighted by molar-refractivity contribution is -0.135. The lowest BCUT2D eigenvalue weighted by atomic mass is 9.54. The van der Waals surface area contributed by atoms with Crippen molar-refractivity contribution in [3.05, 3.63) is 47.2 Å². The number of nitrogens with zero attached hydrogens (tertiary/aromatic N) is 2. The van der Waals surface area contributed by atoms with E-state index in [9.17, 15) is 13.6 Å². The maximum Gasteiger partial charge on any atom is 0.232 e. The van der Waals surface area contributed by atoms with Gasteiger partial charge in [-0.25, -0.2) is 8.78 Å². The predicted molar refractivity (Wildman–Crippen MR) is 84.5 cm³/mol.